The van der Waals surface area contributed by atoms with Crippen molar-refractivity contribution in [1.82, 2.24) is 5.01 Å². The Hall–Kier alpha value is -2.92. The normalized spacial score (nSPS) is 21.0. The molecule has 0 radical (unpaired) electrons. The van der Waals surface area contributed by atoms with E-state index in [2.05, 4.69) is 0 Å². The number of hydrogen-bond acceptors (Lipinski definition) is 5. The van der Waals surface area contributed by atoms with Crippen LogP contribution in [0.4, 0.5) is 0 Å². The summed E-state index contributed by atoms with van der Waals surface area (Å²) in [7, 11) is 0. The summed E-state index contributed by atoms with van der Waals surface area (Å²) in [6.07, 6.45) is 1.81. The van der Waals surface area contributed by atoms with Crippen molar-refractivity contribution in [3.05, 3.63) is 82.8 Å². The lowest BCUT2D eigenvalue weighted by Gasteiger charge is -2.36. The van der Waals surface area contributed by atoms with Crippen molar-refractivity contribution < 1.29 is 14.3 Å². The zero-order valence-electron chi connectivity index (χ0n) is 13.7. The summed E-state index contributed by atoms with van der Waals surface area (Å²) in [6, 6.07) is 16.6. The zero-order valence-corrected chi connectivity index (χ0v) is 14.4. The number of phenols is 1. The van der Waals surface area contributed by atoms with Crippen LogP contribution < -0.4 is 4.74 Å². The highest BCUT2D eigenvalue weighted by Gasteiger charge is 2.42. The highest BCUT2D eigenvalue weighted by atomic mass is 35.5. The molecule has 3 aromatic rings. The Bertz CT molecular complexity index is 1000. The van der Waals surface area contributed by atoms with Gasteiger partial charge >= 0.3 is 0 Å². The second-order valence-electron chi connectivity index (χ2n) is 6.33. The van der Waals surface area contributed by atoms with Gasteiger partial charge in [-0.25, -0.2) is 5.01 Å². The first kappa shape index (κ1) is 15.3. The van der Waals surface area contributed by atoms with Gasteiger partial charge in [0.25, 0.3) is 0 Å². The third-order valence-corrected chi connectivity index (χ3v) is 4.99. The van der Waals surface area contributed by atoms with Gasteiger partial charge in [-0.1, -0.05) is 29.8 Å². The second kappa shape index (κ2) is 5.81. The number of furan rings is 1. The van der Waals surface area contributed by atoms with Crippen molar-refractivity contribution >= 4 is 17.3 Å². The van der Waals surface area contributed by atoms with Crippen molar-refractivity contribution in [3.8, 4) is 11.5 Å². The maximum atomic E-state index is 10.3. The number of fused-ring (bicyclic) bond motifs is 3. The molecule has 0 saturated carbocycles. The molecule has 1 N–H and O–H groups in total. The number of halogens is 1. The van der Waals surface area contributed by atoms with E-state index in [9.17, 15) is 5.11 Å². The maximum absolute atomic E-state index is 10.3. The van der Waals surface area contributed by atoms with Gasteiger partial charge in [-0.3, -0.25) is 0 Å². The van der Waals surface area contributed by atoms with Crippen molar-refractivity contribution in [2.45, 2.75) is 18.7 Å². The number of nitrogens with zero attached hydrogens (tertiary/aromatic N) is 2. The van der Waals surface area contributed by atoms with Gasteiger partial charge in [0.15, 0.2) is 5.76 Å². The van der Waals surface area contributed by atoms with Gasteiger partial charge in [0, 0.05) is 22.6 Å². The van der Waals surface area contributed by atoms with Crippen LogP contribution in [0, 0.1) is 0 Å². The van der Waals surface area contributed by atoms with Crippen LogP contribution >= 0.6 is 11.6 Å². The quantitative estimate of drug-likeness (QED) is 0.702. The van der Waals surface area contributed by atoms with E-state index in [4.69, 9.17) is 25.9 Å². The molecule has 6 heteroatoms. The standard InChI is InChI=1S/C20H15ClN2O3/c21-12-7-8-17(24)14(10-12)15-11-16-13-4-1-2-5-18(13)26-20(23(16)22-15)19-6-3-9-25-19/h1-10,16,20,24H,11H2/t16-,20+/m0/s1. The summed E-state index contributed by atoms with van der Waals surface area (Å²) < 4.78 is 11.7. The van der Waals surface area contributed by atoms with Gasteiger partial charge in [0.1, 0.15) is 11.5 Å². The lowest BCUT2D eigenvalue weighted by atomic mass is 9.96. The van der Waals surface area contributed by atoms with E-state index in [0.717, 1.165) is 17.0 Å². The number of hydrogen-bond donors (Lipinski definition) is 1. The Balaban J connectivity index is 1.62. The van der Waals surface area contributed by atoms with E-state index in [0.29, 0.717) is 22.8 Å². The fourth-order valence-electron chi connectivity index (χ4n) is 3.56. The van der Waals surface area contributed by atoms with Crippen LogP contribution in [0.1, 0.15) is 35.6 Å². The first-order valence-electron chi connectivity index (χ1n) is 8.34. The first-order valence-corrected chi connectivity index (χ1v) is 8.72. The molecule has 0 saturated heterocycles. The van der Waals surface area contributed by atoms with E-state index < -0.39 is 6.23 Å². The number of hydrazone groups is 1. The summed E-state index contributed by atoms with van der Waals surface area (Å²) in [4.78, 5) is 0. The lowest BCUT2D eigenvalue weighted by molar-refractivity contribution is -0.0325. The van der Waals surface area contributed by atoms with Gasteiger partial charge in [0.05, 0.1) is 18.0 Å². The van der Waals surface area contributed by atoms with Crippen molar-refractivity contribution in [1.29, 1.82) is 0 Å². The number of benzene rings is 2. The molecule has 5 rings (SSSR count). The van der Waals surface area contributed by atoms with Gasteiger partial charge in [-0.05, 0) is 36.4 Å². The number of para-hydroxylation sites is 1. The van der Waals surface area contributed by atoms with Crippen LogP contribution in [0.25, 0.3) is 0 Å². The third kappa shape index (κ3) is 2.35. The lowest BCUT2D eigenvalue weighted by Crippen LogP contribution is -2.33. The van der Waals surface area contributed by atoms with Gasteiger partial charge < -0.3 is 14.3 Å². The molecule has 0 fully saturated rings. The highest BCUT2D eigenvalue weighted by molar-refractivity contribution is 6.31. The molecule has 26 heavy (non-hydrogen) atoms. The van der Waals surface area contributed by atoms with E-state index in [1.54, 1.807) is 24.5 Å². The Kier molecular flexibility index (Phi) is 3.43. The van der Waals surface area contributed by atoms with Crippen LogP contribution in [-0.4, -0.2) is 15.8 Å². The van der Waals surface area contributed by atoms with E-state index in [1.807, 2.05) is 41.4 Å². The minimum Gasteiger partial charge on any atom is -0.507 e. The number of aromatic hydroxyl groups is 1. The average Bonchev–Trinajstić information content (AvgIpc) is 3.33. The maximum Gasteiger partial charge on any atom is 0.246 e. The molecule has 130 valence electrons. The fourth-order valence-corrected chi connectivity index (χ4v) is 3.73. The minimum atomic E-state index is -0.455. The molecular weight excluding hydrogens is 352 g/mol. The highest BCUT2D eigenvalue weighted by Crippen LogP contribution is 2.48. The molecule has 2 aliphatic rings. The molecule has 2 aromatic carbocycles. The number of rotatable bonds is 2. The summed E-state index contributed by atoms with van der Waals surface area (Å²) in [5, 5.41) is 17.5. The monoisotopic (exact) mass is 366 g/mol. The van der Waals surface area contributed by atoms with Crippen molar-refractivity contribution in [2.24, 2.45) is 5.10 Å². The van der Waals surface area contributed by atoms with Crippen molar-refractivity contribution in [3.63, 3.8) is 0 Å². The molecule has 5 nitrogen and oxygen atoms in total. The Morgan fingerprint density at radius 3 is 2.85 bits per heavy atom. The topological polar surface area (TPSA) is 58.2 Å². The summed E-state index contributed by atoms with van der Waals surface area (Å²) >= 11 is 6.12. The van der Waals surface area contributed by atoms with Crippen LogP contribution in [0.2, 0.25) is 5.02 Å². The summed E-state index contributed by atoms with van der Waals surface area (Å²) in [5.41, 5.74) is 2.48. The predicted octanol–water partition coefficient (Wildman–Crippen LogP) is 4.88. The van der Waals surface area contributed by atoms with E-state index in [1.165, 1.54) is 0 Å². The molecule has 0 aliphatic carbocycles. The van der Waals surface area contributed by atoms with Crippen LogP contribution in [0.5, 0.6) is 11.5 Å². The predicted molar refractivity (Wildman–Crippen MR) is 97.4 cm³/mol. The molecule has 2 aliphatic heterocycles. The first-order chi connectivity index (χ1) is 12.7. The van der Waals surface area contributed by atoms with Gasteiger partial charge in [0.2, 0.25) is 6.23 Å². The van der Waals surface area contributed by atoms with Crippen molar-refractivity contribution in [2.75, 3.05) is 0 Å². The molecule has 0 spiro atoms. The third-order valence-electron chi connectivity index (χ3n) is 4.76. The average molecular weight is 367 g/mol. The van der Waals surface area contributed by atoms with Crippen LogP contribution in [-0.2, 0) is 0 Å². The largest absolute Gasteiger partial charge is 0.507 e. The summed E-state index contributed by atoms with van der Waals surface area (Å²) in [6.45, 7) is 0. The molecule has 0 amide bonds. The Morgan fingerprint density at radius 1 is 1.12 bits per heavy atom. The SMILES string of the molecule is Oc1ccc(Cl)cc1C1=NN2[C@@H](c3ccco3)Oc3ccccc3[C@@H]2C1. The Morgan fingerprint density at radius 2 is 2.00 bits per heavy atom. The second-order valence-corrected chi connectivity index (χ2v) is 6.77. The van der Waals surface area contributed by atoms with Gasteiger partial charge in [-0.15, -0.1) is 0 Å². The molecule has 1 aromatic heterocycles. The zero-order chi connectivity index (χ0) is 17.7. The van der Waals surface area contributed by atoms with E-state index in [-0.39, 0.29) is 11.8 Å². The number of ether oxygens (including phenoxy) is 1. The molecular formula is C20H15ClN2O3. The molecule has 0 bridgehead atoms. The van der Waals surface area contributed by atoms with Crippen LogP contribution in [0.3, 0.4) is 0 Å². The number of phenolic OH excluding ortho intramolecular Hbond substituents is 1. The van der Waals surface area contributed by atoms with Gasteiger partial charge in [-0.2, -0.15) is 5.10 Å². The smallest absolute Gasteiger partial charge is 0.246 e. The molecule has 3 heterocycles. The fraction of sp³-hybridized carbons (Fsp3) is 0.150. The minimum absolute atomic E-state index is 0.00318. The molecule has 0 unspecified atom stereocenters. The Labute approximate surface area is 155 Å². The van der Waals surface area contributed by atoms with E-state index >= 15 is 0 Å². The van der Waals surface area contributed by atoms with Crippen LogP contribution in [0.15, 0.2) is 70.4 Å². The summed E-state index contributed by atoms with van der Waals surface area (Å²) in [5.74, 6) is 1.67. The molecule has 2 atom stereocenters.